The van der Waals surface area contributed by atoms with Gasteiger partial charge in [-0.15, -0.1) is 0 Å². The lowest BCUT2D eigenvalue weighted by Gasteiger charge is -2.06. The van der Waals surface area contributed by atoms with Crippen molar-refractivity contribution < 1.29 is 4.74 Å². The summed E-state index contributed by atoms with van der Waals surface area (Å²) in [5.41, 5.74) is 8.27. The minimum atomic E-state index is 0.373. The van der Waals surface area contributed by atoms with Gasteiger partial charge in [0.2, 0.25) is 0 Å². The summed E-state index contributed by atoms with van der Waals surface area (Å²) in [5, 5.41) is 0. The monoisotopic (exact) mass is 307 g/mol. The van der Waals surface area contributed by atoms with Crippen LogP contribution in [0.5, 0.6) is 6.01 Å². The molecule has 94 valence electrons. The van der Waals surface area contributed by atoms with Gasteiger partial charge in [0.15, 0.2) is 0 Å². The zero-order valence-electron chi connectivity index (χ0n) is 10.1. The van der Waals surface area contributed by atoms with Crippen LogP contribution in [0.1, 0.15) is 17.0 Å². The van der Waals surface area contributed by atoms with Gasteiger partial charge in [-0.2, -0.15) is 4.98 Å². The summed E-state index contributed by atoms with van der Waals surface area (Å²) in [6, 6.07) is 10.2. The van der Waals surface area contributed by atoms with Crippen molar-refractivity contribution >= 4 is 15.9 Å². The fraction of sp³-hybridized carbons (Fsp3) is 0.231. The van der Waals surface area contributed by atoms with Crippen molar-refractivity contribution in [3.63, 3.8) is 0 Å². The van der Waals surface area contributed by atoms with E-state index in [0.29, 0.717) is 19.2 Å². The van der Waals surface area contributed by atoms with Crippen molar-refractivity contribution in [2.75, 3.05) is 0 Å². The molecule has 0 bridgehead atoms. The van der Waals surface area contributed by atoms with Gasteiger partial charge in [-0.1, -0.05) is 28.1 Å². The third kappa shape index (κ3) is 3.51. The largest absolute Gasteiger partial charge is 0.459 e. The van der Waals surface area contributed by atoms with Crippen molar-refractivity contribution in [2.45, 2.75) is 20.1 Å². The standard InChI is InChI=1S/C13H14BrN3O/c1-9-6-12(7-15)17-13(16-9)18-8-10-2-4-11(14)5-3-10/h2-6H,7-8,15H2,1H3. The highest BCUT2D eigenvalue weighted by molar-refractivity contribution is 9.10. The summed E-state index contributed by atoms with van der Waals surface area (Å²) in [6.07, 6.45) is 0. The van der Waals surface area contributed by atoms with Crippen LogP contribution in [0.25, 0.3) is 0 Å². The Morgan fingerprint density at radius 2 is 1.94 bits per heavy atom. The molecule has 1 heterocycles. The first-order chi connectivity index (χ1) is 8.67. The van der Waals surface area contributed by atoms with Gasteiger partial charge in [0.05, 0.1) is 5.69 Å². The molecule has 0 fully saturated rings. The normalized spacial score (nSPS) is 10.4. The minimum Gasteiger partial charge on any atom is -0.459 e. The average molecular weight is 308 g/mol. The maximum absolute atomic E-state index is 5.56. The maximum atomic E-state index is 5.56. The van der Waals surface area contributed by atoms with Gasteiger partial charge in [0.25, 0.3) is 0 Å². The number of benzene rings is 1. The molecular formula is C13H14BrN3O. The molecule has 0 saturated carbocycles. The lowest BCUT2D eigenvalue weighted by atomic mass is 10.2. The molecule has 0 unspecified atom stereocenters. The van der Waals surface area contributed by atoms with E-state index in [1.54, 1.807) is 0 Å². The molecule has 0 radical (unpaired) electrons. The van der Waals surface area contributed by atoms with Gasteiger partial charge in [0.1, 0.15) is 6.61 Å². The summed E-state index contributed by atoms with van der Waals surface area (Å²) in [7, 11) is 0. The van der Waals surface area contributed by atoms with Crippen LogP contribution in [0.2, 0.25) is 0 Å². The predicted octanol–water partition coefficient (Wildman–Crippen LogP) is 2.59. The van der Waals surface area contributed by atoms with Crippen molar-refractivity contribution in [1.29, 1.82) is 0 Å². The number of hydrogen-bond donors (Lipinski definition) is 1. The molecule has 0 amide bonds. The Bertz CT molecular complexity index is 528. The van der Waals surface area contributed by atoms with E-state index < -0.39 is 0 Å². The minimum absolute atomic E-state index is 0.373. The summed E-state index contributed by atoms with van der Waals surface area (Å²) in [6.45, 7) is 2.73. The number of nitrogens with zero attached hydrogens (tertiary/aromatic N) is 2. The van der Waals surface area contributed by atoms with Crippen LogP contribution in [0, 0.1) is 6.92 Å². The van der Waals surface area contributed by atoms with Crippen molar-refractivity contribution in [3.05, 3.63) is 51.8 Å². The molecule has 1 aromatic heterocycles. The molecule has 4 nitrogen and oxygen atoms in total. The second-order valence-electron chi connectivity index (χ2n) is 3.90. The zero-order chi connectivity index (χ0) is 13.0. The topological polar surface area (TPSA) is 61.0 Å². The van der Waals surface area contributed by atoms with Crippen LogP contribution >= 0.6 is 15.9 Å². The molecule has 0 saturated heterocycles. The first-order valence-electron chi connectivity index (χ1n) is 5.59. The second kappa shape index (κ2) is 5.93. The highest BCUT2D eigenvalue weighted by atomic mass is 79.9. The molecule has 5 heteroatoms. The summed E-state index contributed by atoms with van der Waals surface area (Å²) in [5.74, 6) is 0. The Morgan fingerprint density at radius 3 is 2.61 bits per heavy atom. The summed E-state index contributed by atoms with van der Waals surface area (Å²) in [4.78, 5) is 8.43. The molecule has 0 aliphatic carbocycles. The fourth-order valence-electron chi connectivity index (χ4n) is 1.50. The lowest BCUT2D eigenvalue weighted by molar-refractivity contribution is 0.279. The van der Waals surface area contributed by atoms with Crippen LogP contribution in [-0.4, -0.2) is 9.97 Å². The number of hydrogen-bond acceptors (Lipinski definition) is 4. The molecule has 2 aromatic rings. The van der Waals surface area contributed by atoms with Gasteiger partial charge >= 0.3 is 6.01 Å². The Morgan fingerprint density at radius 1 is 1.22 bits per heavy atom. The van der Waals surface area contributed by atoms with Crippen LogP contribution in [0.3, 0.4) is 0 Å². The molecule has 0 spiro atoms. The van der Waals surface area contributed by atoms with E-state index in [1.165, 1.54) is 0 Å². The quantitative estimate of drug-likeness (QED) is 0.943. The molecule has 0 atom stereocenters. The Labute approximate surface area is 114 Å². The number of aryl methyl sites for hydroxylation is 1. The van der Waals surface area contributed by atoms with Crippen LogP contribution < -0.4 is 10.5 Å². The highest BCUT2D eigenvalue weighted by Crippen LogP contribution is 2.13. The van der Waals surface area contributed by atoms with E-state index in [2.05, 4.69) is 25.9 Å². The van der Waals surface area contributed by atoms with E-state index in [9.17, 15) is 0 Å². The highest BCUT2D eigenvalue weighted by Gasteiger charge is 2.03. The third-order valence-corrected chi connectivity index (χ3v) is 2.91. The number of aromatic nitrogens is 2. The smallest absolute Gasteiger partial charge is 0.317 e. The van der Waals surface area contributed by atoms with Gasteiger partial charge in [0, 0.05) is 16.7 Å². The van der Waals surface area contributed by atoms with Crippen LogP contribution in [-0.2, 0) is 13.2 Å². The number of halogens is 1. The molecule has 2 rings (SSSR count). The zero-order valence-corrected chi connectivity index (χ0v) is 11.6. The number of nitrogens with two attached hydrogens (primary N) is 1. The van der Waals surface area contributed by atoms with Crippen molar-refractivity contribution in [2.24, 2.45) is 5.73 Å². The molecule has 2 N–H and O–H groups in total. The van der Waals surface area contributed by atoms with E-state index in [0.717, 1.165) is 21.4 Å². The number of rotatable bonds is 4. The molecule has 18 heavy (non-hydrogen) atoms. The summed E-state index contributed by atoms with van der Waals surface area (Å²) >= 11 is 3.39. The molecular weight excluding hydrogens is 294 g/mol. The van der Waals surface area contributed by atoms with Gasteiger partial charge in [-0.05, 0) is 30.7 Å². The van der Waals surface area contributed by atoms with Crippen LogP contribution in [0.15, 0.2) is 34.8 Å². The lowest BCUT2D eigenvalue weighted by Crippen LogP contribution is -2.05. The van der Waals surface area contributed by atoms with Crippen molar-refractivity contribution in [1.82, 2.24) is 9.97 Å². The predicted molar refractivity (Wildman–Crippen MR) is 73.1 cm³/mol. The SMILES string of the molecule is Cc1cc(CN)nc(OCc2ccc(Br)cc2)n1. The molecule has 0 aliphatic heterocycles. The van der Waals surface area contributed by atoms with Crippen molar-refractivity contribution in [3.8, 4) is 6.01 Å². The Kier molecular flexibility index (Phi) is 4.28. The average Bonchev–Trinajstić information content (AvgIpc) is 2.37. The van der Waals surface area contributed by atoms with Gasteiger partial charge in [-0.3, -0.25) is 0 Å². The first kappa shape index (κ1) is 13.0. The van der Waals surface area contributed by atoms with E-state index in [-0.39, 0.29) is 0 Å². The van der Waals surface area contributed by atoms with Crippen LogP contribution in [0.4, 0.5) is 0 Å². The molecule has 1 aromatic carbocycles. The van der Waals surface area contributed by atoms with E-state index in [4.69, 9.17) is 10.5 Å². The first-order valence-corrected chi connectivity index (χ1v) is 6.38. The third-order valence-electron chi connectivity index (χ3n) is 2.38. The van der Waals surface area contributed by atoms with Gasteiger partial charge < -0.3 is 10.5 Å². The van der Waals surface area contributed by atoms with E-state index >= 15 is 0 Å². The maximum Gasteiger partial charge on any atom is 0.317 e. The second-order valence-corrected chi connectivity index (χ2v) is 4.82. The Hall–Kier alpha value is -1.46. The molecule has 0 aliphatic rings. The van der Waals surface area contributed by atoms with E-state index in [1.807, 2.05) is 37.3 Å². The Balaban J connectivity index is 2.05. The van der Waals surface area contributed by atoms with Gasteiger partial charge in [-0.25, -0.2) is 4.98 Å². The summed E-state index contributed by atoms with van der Waals surface area (Å²) < 4.78 is 6.61. The number of ether oxygens (including phenoxy) is 1. The fourth-order valence-corrected chi connectivity index (χ4v) is 1.77.